The van der Waals surface area contributed by atoms with Gasteiger partial charge in [0, 0.05) is 11.6 Å². The molecule has 1 atom stereocenters. The fraction of sp³-hybridized carbons (Fsp3) is 0.200. The monoisotopic (exact) mass is 481 g/mol. The molecule has 0 aliphatic heterocycles. The molecule has 0 unspecified atom stereocenters. The molecule has 0 aliphatic rings. The molecule has 0 fully saturated rings. The number of hydrogen-bond acceptors (Lipinski definition) is 9. The number of ketones is 1. The molecule has 0 spiro atoms. The minimum absolute atomic E-state index is 0.0810. The number of carbonyl (C=O) groups is 2. The highest BCUT2D eigenvalue weighted by atomic mass is 32.1. The van der Waals surface area contributed by atoms with Gasteiger partial charge in [0.2, 0.25) is 17.6 Å². The average Bonchev–Trinajstić information content (AvgIpc) is 3.14. The summed E-state index contributed by atoms with van der Waals surface area (Å²) in [6.07, 6.45) is -3.85. The smallest absolute Gasteiger partial charge is 0.497 e. The number of anilines is 3. The van der Waals surface area contributed by atoms with E-state index in [2.05, 4.69) is 14.7 Å². The number of aromatic nitrogens is 2. The second-order valence-corrected chi connectivity index (χ2v) is 7.60. The molecule has 4 N–H and O–H groups in total. The zero-order chi connectivity index (χ0) is 24.3. The van der Waals surface area contributed by atoms with Crippen LogP contribution in [0.1, 0.15) is 22.2 Å². The van der Waals surface area contributed by atoms with Gasteiger partial charge in [-0.15, -0.1) is 13.2 Å². The molecule has 174 valence electrons. The van der Waals surface area contributed by atoms with Gasteiger partial charge in [-0.25, -0.2) is 9.97 Å². The van der Waals surface area contributed by atoms with E-state index in [4.69, 9.17) is 16.2 Å². The topological polar surface area (TPSA) is 134 Å². The number of ether oxygens (including phenoxy) is 2. The molecule has 2 heterocycles. The Labute approximate surface area is 189 Å². The van der Waals surface area contributed by atoms with Crippen LogP contribution in [0.2, 0.25) is 0 Å². The van der Waals surface area contributed by atoms with Crippen molar-refractivity contribution in [2.45, 2.75) is 19.3 Å². The van der Waals surface area contributed by atoms with Crippen LogP contribution in [0.4, 0.5) is 29.8 Å². The SMILES string of the molecule is COc1ccc(C(=O)c2sc(N(c3ccc(OC(F)(F)F)nc3)[C@H](C)C(N)=O)nc2N)cc1. The number of amides is 1. The fourth-order valence-electron chi connectivity index (χ4n) is 2.78. The van der Waals surface area contributed by atoms with Crippen molar-refractivity contribution in [3.8, 4) is 11.6 Å². The summed E-state index contributed by atoms with van der Waals surface area (Å²) in [6, 6.07) is 7.59. The number of pyridine rings is 1. The molecule has 1 amide bonds. The maximum Gasteiger partial charge on any atom is 0.574 e. The van der Waals surface area contributed by atoms with Crippen molar-refractivity contribution < 1.29 is 32.2 Å². The second-order valence-electron chi connectivity index (χ2n) is 6.62. The summed E-state index contributed by atoms with van der Waals surface area (Å²) in [5, 5.41) is 0.127. The van der Waals surface area contributed by atoms with E-state index < -0.39 is 30.0 Å². The van der Waals surface area contributed by atoms with Gasteiger partial charge in [0.1, 0.15) is 22.5 Å². The summed E-state index contributed by atoms with van der Waals surface area (Å²) in [4.78, 5) is 34.1. The van der Waals surface area contributed by atoms with E-state index in [1.54, 1.807) is 24.3 Å². The van der Waals surface area contributed by atoms with Crippen LogP contribution in [-0.4, -0.2) is 41.2 Å². The number of primary amides is 1. The van der Waals surface area contributed by atoms with Crippen molar-refractivity contribution in [2.24, 2.45) is 5.73 Å². The fourth-order valence-corrected chi connectivity index (χ4v) is 3.83. The van der Waals surface area contributed by atoms with Crippen molar-refractivity contribution in [1.82, 2.24) is 9.97 Å². The Kier molecular flexibility index (Phi) is 6.72. The van der Waals surface area contributed by atoms with E-state index in [9.17, 15) is 22.8 Å². The summed E-state index contributed by atoms with van der Waals surface area (Å²) in [5.74, 6) is -1.36. The summed E-state index contributed by atoms with van der Waals surface area (Å²) in [5.41, 5.74) is 11.9. The van der Waals surface area contributed by atoms with Gasteiger partial charge in [0.05, 0.1) is 19.0 Å². The van der Waals surface area contributed by atoms with Gasteiger partial charge >= 0.3 is 6.36 Å². The summed E-state index contributed by atoms with van der Waals surface area (Å²) >= 11 is 0.898. The minimum Gasteiger partial charge on any atom is -0.497 e. The number of carbonyl (C=O) groups excluding carboxylic acids is 2. The first-order valence-corrected chi connectivity index (χ1v) is 10.1. The Balaban J connectivity index is 1.97. The normalized spacial score (nSPS) is 12.2. The average molecular weight is 481 g/mol. The van der Waals surface area contributed by atoms with E-state index in [1.807, 2.05) is 0 Å². The van der Waals surface area contributed by atoms with Crippen molar-refractivity contribution >= 4 is 39.7 Å². The van der Waals surface area contributed by atoms with Crippen molar-refractivity contribution in [3.63, 3.8) is 0 Å². The van der Waals surface area contributed by atoms with Crippen LogP contribution >= 0.6 is 11.3 Å². The second kappa shape index (κ2) is 9.32. The first-order valence-electron chi connectivity index (χ1n) is 9.25. The molecule has 0 radical (unpaired) electrons. The van der Waals surface area contributed by atoms with E-state index in [0.29, 0.717) is 11.3 Å². The molecule has 0 saturated heterocycles. The number of nitrogens with two attached hydrogens (primary N) is 2. The number of halogens is 3. The first kappa shape index (κ1) is 23.8. The van der Waals surface area contributed by atoms with Gasteiger partial charge < -0.3 is 25.8 Å². The lowest BCUT2D eigenvalue weighted by atomic mass is 10.1. The lowest BCUT2D eigenvalue weighted by molar-refractivity contribution is -0.276. The molecule has 3 rings (SSSR count). The first-order chi connectivity index (χ1) is 15.5. The van der Waals surface area contributed by atoms with E-state index in [0.717, 1.165) is 23.6 Å². The maximum absolute atomic E-state index is 12.9. The van der Waals surface area contributed by atoms with Crippen LogP contribution in [0.25, 0.3) is 0 Å². The Morgan fingerprint density at radius 1 is 1.15 bits per heavy atom. The third-order valence-electron chi connectivity index (χ3n) is 4.42. The molecule has 0 aliphatic carbocycles. The van der Waals surface area contributed by atoms with Crippen LogP contribution in [0.5, 0.6) is 11.6 Å². The third-order valence-corrected chi connectivity index (χ3v) is 5.49. The Hall–Kier alpha value is -3.87. The van der Waals surface area contributed by atoms with Gasteiger partial charge in [0.15, 0.2) is 5.13 Å². The number of benzene rings is 1. The number of methoxy groups -OCH3 is 1. The van der Waals surface area contributed by atoms with Gasteiger partial charge in [-0.05, 0) is 37.3 Å². The van der Waals surface area contributed by atoms with Crippen molar-refractivity contribution in [1.29, 1.82) is 0 Å². The molecule has 0 saturated carbocycles. The Bertz CT molecular complexity index is 1150. The number of nitrogen functional groups attached to an aromatic ring is 1. The number of alkyl halides is 3. The Morgan fingerprint density at radius 2 is 1.82 bits per heavy atom. The van der Waals surface area contributed by atoms with E-state index >= 15 is 0 Å². The zero-order valence-electron chi connectivity index (χ0n) is 17.3. The quantitative estimate of drug-likeness (QED) is 0.468. The Morgan fingerprint density at radius 3 is 2.33 bits per heavy atom. The number of thiazole rings is 1. The zero-order valence-corrected chi connectivity index (χ0v) is 18.1. The molecular formula is C20H18F3N5O4S. The highest BCUT2D eigenvalue weighted by Crippen LogP contribution is 2.36. The van der Waals surface area contributed by atoms with Crippen LogP contribution in [0, 0.1) is 0 Å². The molecule has 9 nitrogen and oxygen atoms in total. The summed E-state index contributed by atoms with van der Waals surface area (Å²) in [6.45, 7) is 1.46. The van der Waals surface area contributed by atoms with Gasteiger partial charge in [-0.3, -0.25) is 9.59 Å². The molecular weight excluding hydrogens is 463 g/mol. The number of hydrogen-bond donors (Lipinski definition) is 2. The van der Waals surface area contributed by atoms with Gasteiger partial charge in [-0.1, -0.05) is 11.3 Å². The predicted octanol–water partition coefficient (Wildman–Crippen LogP) is 3.27. The standard InChI is InChI=1S/C20H18F3N5O4S/c1-10(18(25)30)28(12-5-8-14(26-9-12)32-20(21,22)23)19-27-17(24)16(33-19)15(29)11-3-6-13(31-2)7-4-11/h3-10H,24H2,1-2H3,(H2,25,30)/t10-/m1/s1. The molecule has 1 aromatic carbocycles. The maximum atomic E-state index is 12.9. The molecule has 0 bridgehead atoms. The minimum atomic E-state index is -4.91. The van der Waals surface area contributed by atoms with E-state index in [1.165, 1.54) is 25.0 Å². The largest absolute Gasteiger partial charge is 0.574 e. The van der Waals surface area contributed by atoms with Crippen LogP contribution in [0.3, 0.4) is 0 Å². The van der Waals surface area contributed by atoms with Crippen molar-refractivity contribution in [2.75, 3.05) is 17.7 Å². The highest BCUT2D eigenvalue weighted by molar-refractivity contribution is 7.18. The van der Waals surface area contributed by atoms with Crippen LogP contribution in [0.15, 0.2) is 42.6 Å². The number of rotatable bonds is 8. The van der Waals surface area contributed by atoms with E-state index in [-0.39, 0.29) is 21.5 Å². The molecule has 3 aromatic rings. The van der Waals surface area contributed by atoms with Crippen LogP contribution in [-0.2, 0) is 4.79 Å². The molecule has 2 aromatic heterocycles. The van der Waals surface area contributed by atoms with Crippen LogP contribution < -0.4 is 25.8 Å². The molecule has 13 heteroatoms. The third kappa shape index (κ3) is 5.49. The molecule has 33 heavy (non-hydrogen) atoms. The highest BCUT2D eigenvalue weighted by Gasteiger charge is 2.32. The lowest BCUT2D eigenvalue weighted by Crippen LogP contribution is -2.40. The van der Waals surface area contributed by atoms with Crippen molar-refractivity contribution in [3.05, 3.63) is 53.0 Å². The summed E-state index contributed by atoms with van der Waals surface area (Å²) < 4.78 is 46.1. The summed E-state index contributed by atoms with van der Waals surface area (Å²) in [7, 11) is 1.50. The number of nitrogens with zero attached hydrogens (tertiary/aromatic N) is 3. The predicted molar refractivity (Wildman–Crippen MR) is 115 cm³/mol. The van der Waals surface area contributed by atoms with Gasteiger partial charge in [0.25, 0.3) is 0 Å². The van der Waals surface area contributed by atoms with Gasteiger partial charge in [-0.2, -0.15) is 0 Å². The lowest BCUT2D eigenvalue weighted by Gasteiger charge is -2.26.